The van der Waals surface area contributed by atoms with Gasteiger partial charge in [-0.3, -0.25) is 19.3 Å². The van der Waals surface area contributed by atoms with Crippen LogP contribution in [0.3, 0.4) is 0 Å². The maximum atomic E-state index is 13.4. The van der Waals surface area contributed by atoms with Gasteiger partial charge in [0.2, 0.25) is 0 Å². The van der Waals surface area contributed by atoms with Crippen LogP contribution in [0.1, 0.15) is 65.6 Å². The molecule has 0 fully saturated rings. The van der Waals surface area contributed by atoms with E-state index in [-0.39, 0.29) is 64.1 Å². The highest BCUT2D eigenvalue weighted by Gasteiger charge is 2.31. The number of alkyl carbamates (subject to hydrolysis) is 1. The molecule has 0 aromatic heterocycles. The van der Waals surface area contributed by atoms with Crippen LogP contribution in [0, 0.1) is 0 Å². The van der Waals surface area contributed by atoms with Crippen molar-refractivity contribution in [2.75, 3.05) is 132 Å². The van der Waals surface area contributed by atoms with Crippen LogP contribution in [0.4, 0.5) is 4.79 Å². The van der Waals surface area contributed by atoms with E-state index in [0.29, 0.717) is 97.8 Å². The molecule has 21 nitrogen and oxygen atoms in total. The van der Waals surface area contributed by atoms with Gasteiger partial charge in [-0.1, -0.05) is 40.6 Å². The number of unbranched alkanes of at least 4 members (excludes halogenated alkanes) is 1. The highest BCUT2D eigenvalue weighted by molar-refractivity contribution is 5.97. The van der Waals surface area contributed by atoms with Crippen molar-refractivity contribution in [3.8, 4) is 11.1 Å². The molecule has 0 saturated heterocycles. The van der Waals surface area contributed by atoms with Crippen LogP contribution >= 0.6 is 0 Å². The molecule has 1 atom stereocenters. The average Bonchev–Trinajstić information content (AvgIpc) is 3.58. The summed E-state index contributed by atoms with van der Waals surface area (Å²) in [6, 6.07) is 12.0. The first-order valence-corrected chi connectivity index (χ1v) is 21.5. The van der Waals surface area contributed by atoms with E-state index in [2.05, 4.69) is 43.6 Å². The molecule has 2 N–H and O–H groups in total. The predicted octanol–water partition coefficient (Wildman–Crippen LogP) is 5.48. The van der Waals surface area contributed by atoms with Crippen molar-refractivity contribution >= 4 is 23.8 Å². The van der Waals surface area contributed by atoms with Gasteiger partial charge < -0.3 is 48.3 Å². The Morgan fingerprint density at radius 2 is 1.25 bits per heavy atom. The Morgan fingerprint density at radius 1 is 0.688 bits per heavy atom. The summed E-state index contributed by atoms with van der Waals surface area (Å²) in [5.41, 5.74) is 22.1. The van der Waals surface area contributed by atoms with Crippen LogP contribution in [0.2, 0.25) is 0 Å². The lowest BCUT2D eigenvalue weighted by Gasteiger charge is -2.20. The van der Waals surface area contributed by atoms with E-state index in [9.17, 15) is 24.3 Å². The zero-order chi connectivity index (χ0) is 46.0. The first-order valence-electron chi connectivity index (χ1n) is 21.5. The number of nitrogens with zero attached hydrogens (tertiary/aromatic N) is 7. The smallest absolute Gasteiger partial charge is 0.407 e. The summed E-state index contributed by atoms with van der Waals surface area (Å²) in [6.07, 6.45) is 2.69. The average molecular weight is 899 g/mol. The zero-order valence-electron chi connectivity index (χ0n) is 36.7. The first-order chi connectivity index (χ1) is 31.2. The molecule has 1 aliphatic rings. The van der Waals surface area contributed by atoms with Crippen LogP contribution in [-0.2, 0) is 53.9 Å². The summed E-state index contributed by atoms with van der Waals surface area (Å²) in [7, 11) is 0. The van der Waals surface area contributed by atoms with Gasteiger partial charge in [0, 0.05) is 80.6 Å². The number of esters is 1. The molecule has 0 aliphatic heterocycles. The van der Waals surface area contributed by atoms with Gasteiger partial charge in [0.25, 0.3) is 0 Å². The largest absolute Gasteiger partial charge is 0.480 e. The van der Waals surface area contributed by atoms with Gasteiger partial charge >= 0.3 is 18.0 Å². The lowest BCUT2D eigenvalue weighted by atomic mass is 9.94. The van der Waals surface area contributed by atoms with E-state index < -0.39 is 18.0 Å². The third kappa shape index (κ3) is 22.3. The first kappa shape index (κ1) is 53.0. The number of azide groups is 2. The second-order valence-electron chi connectivity index (χ2n) is 14.4. The van der Waals surface area contributed by atoms with Gasteiger partial charge in [0.05, 0.1) is 72.6 Å². The second kappa shape index (κ2) is 33.2. The van der Waals surface area contributed by atoms with Crippen molar-refractivity contribution in [3.63, 3.8) is 0 Å². The normalized spacial score (nSPS) is 12.5. The number of nitrogens with one attached hydrogen (secondary N) is 1. The number of fused-ring (bicyclic) bond motifs is 3. The summed E-state index contributed by atoms with van der Waals surface area (Å²) in [5.74, 6) is -1.89. The van der Waals surface area contributed by atoms with Gasteiger partial charge in [-0.05, 0) is 70.6 Å². The van der Waals surface area contributed by atoms with Crippen molar-refractivity contribution in [1.82, 2.24) is 10.2 Å². The van der Waals surface area contributed by atoms with E-state index in [1.54, 1.807) is 4.90 Å². The number of carboxylic acids is 1. The maximum absolute atomic E-state index is 13.4. The third-order valence-electron chi connectivity index (χ3n) is 9.66. The van der Waals surface area contributed by atoms with Crippen LogP contribution in [0.25, 0.3) is 32.0 Å². The molecule has 1 aliphatic carbocycles. The van der Waals surface area contributed by atoms with Crippen molar-refractivity contribution in [2.45, 2.75) is 44.9 Å². The second-order valence-corrected chi connectivity index (χ2v) is 14.4. The Bertz CT molecular complexity index is 1820. The minimum Gasteiger partial charge on any atom is -0.480 e. The molecule has 0 radical (unpaired) electrons. The van der Waals surface area contributed by atoms with Gasteiger partial charge in [0.15, 0.2) is 5.78 Å². The molecule has 1 unspecified atom stereocenters. The quantitative estimate of drug-likeness (QED) is 0.0211. The molecule has 1 amide bonds. The van der Waals surface area contributed by atoms with Crippen LogP contribution in [0.5, 0.6) is 0 Å². The van der Waals surface area contributed by atoms with E-state index in [4.69, 9.17) is 49.0 Å². The van der Waals surface area contributed by atoms with E-state index in [1.165, 1.54) is 6.92 Å². The number of rotatable bonds is 38. The molecule has 2 aromatic carbocycles. The molecule has 0 spiro atoms. The summed E-state index contributed by atoms with van der Waals surface area (Å²) in [5, 5.41) is 18.8. The molecular weight excluding hydrogens is 837 g/mol. The Hall–Kier alpha value is -5.34. The topological polar surface area (TPSA) is 275 Å². The Kier molecular flexibility index (Phi) is 27.5. The SMILES string of the molecule is CC(=O)OCCN(CCNC(=O)OCC1c2cc(CCCCOCCOCCOCCN=[N+]=[N-])ccc2-c2ccc(C(=O)CCCOCCOCCOCCN=[N+]=[N-])cc21)CC(=O)O. The third-order valence-corrected chi connectivity index (χ3v) is 9.66. The number of ether oxygens (including phenoxy) is 8. The fraction of sp³-hybridized carbons (Fsp3) is 0.628. The number of carbonyl (C=O) groups excluding carboxylic acids is 3. The van der Waals surface area contributed by atoms with E-state index >= 15 is 0 Å². The molecular formula is C43H62N8O13. The molecule has 0 heterocycles. The standard InChI is InChI=1S/C43H62N8O13/c1-33(52)63-20-15-51(31-42(54)55)14-11-46-43(56)64-32-40-38-29-34(5-2-3-16-57-21-25-61-27-23-59-18-12-47-49-44)7-9-36(38)37-10-8-35(30-39(37)40)41(53)6-4-17-58-22-26-62-28-24-60-19-13-48-50-45/h7-10,29-30,40H,2-6,11-28,31-32H2,1H3,(H,46,56)(H,54,55). The minimum absolute atomic E-state index is 0.00772. The summed E-state index contributed by atoms with van der Waals surface area (Å²) >= 11 is 0. The number of Topliss-reactive ketones (excluding diaryl/α,β-unsaturated/α-hetero) is 1. The lowest BCUT2D eigenvalue weighted by molar-refractivity contribution is -0.141. The number of aryl methyl sites for hydroxylation is 1. The Labute approximate surface area is 373 Å². The fourth-order valence-corrected chi connectivity index (χ4v) is 6.62. The number of amides is 1. The molecule has 21 heteroatoms. The molecule has 3 rings (SSSR count). The molecule has 0 bridgehead atoms. The van der Waals surface area contributed by atoms with Gasteiger partial charge in [-0.2, -0.15) is 0 Å². The van der Waals surface area contributed by atoms with E-state index in [0.717, 1.165) is 47.1 Å². The van der Waals surface area contributed by atoms with Gasteiger partial charge in [0.1, 0.15) is 13.2 Å². The minimum atomic E-state index is -1.05. The summed E-state index contributed by atoms with van der Waals surface area (Å²) in [4.78, 5) is 55.7. The number of carbonyl (C=O) groups is 4. The summed E-state index contributed by atoms with van der Waals surface area (Å²) < 4.78 is 43.6. The van der Waals surface area contributed by atoms with Crippen molar-refractivity contribution < 1.29 is 62.2 Å². The van der Waals surface area contributed by atoms with Crippen molar-refractivity contribution in [2.24, 2.45) is 10.2 Å². The fourth-order valence-electron chi connectivity index (χ4n) is 6.62. The van der Waals surface area contributed by atoms with Crippen LogP contribution in [0.15, 0.2) is 46.6 Å². The van der Waals surface area contributed by atoms with Crippen molar-refractivity contribution in [1.29, 1.82) is 0 Å². The van der Waals surface area contributed by atoms with Crippen LogP contribution < -0.4 is 5.32 Å². The predicted molar refractivity (Wildman–Crippen MR) is 233 cm³/mol. The van der Waals surface area contributed by atoms with Gasteiger partial charge in [-0.15, -0.1) is 0 Å². The summed E-state index contributed by atoms with van der Waals surface area (Å²) in [6.45, 7) is 7.03. The Morgan fingerprint density at radius 3 is 1.84 bits per heavy atom. The number of ketones is 1. The number of benzene rings is 2. The zero-order valence-corrected chi connectivity index (χ0v) is 36.7. The highest BCUT2D eigenvalue weighted by atomic mass is 16.6. The molecule has 0 saturated carbocycles. The number of carboxylic acid groups (broad SMARTS) is 1. The van der Waals surface area contributed by atoms with Crippen LogP contribution in [-0.4, -0.2) is 166 Å². The molecule has 64 heavy (non-hydrogen) atoms. The molecule has 2 aromatic rings. The maximum Gasteiger partial charge on any atom is 0.407 e. The monoisotopic (exact) mass is 898 g/mol. The number of hydrogen-bond acceptors (Lipinski definition) is 15. The number of hydrogen-bond donors (Lipinski definition) is 2. The number of aliphatic carboxylic acids is 1. The lowest BCUT2D eigenvalue weighted by Crippen LogP contribution is -2.39. The molecule has 352 valence electrons. The van der Waals surface area contributed by atoms with E-state index in [1.807, 2.05) is 18.2 Å². The highest BCUT2D eigenvalue weighted by Crippen LogP contribution is 2.46. The Balaban J connectivity index is 1.53. The van der Waals surface area contributed by atoms with Crippen molar-refractivity contribution in [3.05, 3.63) is 79.5 Å². The van der Waals surface area contributed by atoms with Gasteiger partial charge in [-0.25, -0.2) is 4.79 Å².